The lowest BCUT2D eigenvalue weighted by atomic mass is 9.76. The maximum absolute atomic E-state index is 12.4. The maximum Gasteiger partial charge on any atom is 0.310 e. The Balaban J connectivity index is 2.56. The number of nitrogens with zero attached hydrogens (tertiary/aromatic N) is 2. The minimum Gasteiger partial charge on any atom is -0.481 e. The summed E-state index contributed by atoms with van der Waals surface area (Å²) in [5, 5.41) is 9.41. The van der Waals surface area contributed by atoms with Crippen LogP contribution >= 0.6 is 0 Å². The topological polar surface area (TPSA) is 60.9 Å². The van der Waals surface area contributed by atoms with E-state index >= 15 is 0 Å². The van der Waals surface area contributed by atoms with E-state index < -0.39 is 11.4 Å². The monoisotopic (exact) mass is 298 g/mol. The Hall–Kier alpha value is -1.10. The molecule has 122 valence electrons. The van der Waals surface area contributed by atoms with Gasteiger partial charge in [0.05, 0.1) is 5.41 Å². The number of amides is 1. The van der Waals surface area contributed by atoms with E-state index in [2.05, 4.69) is 11.9 Å². The molecule has 1 rings (SSSR count). The normalized spacial score (nSPS) is 20.3. The van der Waals surface area contributed by atoms with Crippen molar-refractivity contribution in [3.63, 3.8) is 0 Å². The fourth-order valence-electron chi connectivity index (χ4n) is 2.71. The third kappa shape index (κ3) is 4.70. The van der Waals surface area contributed by atoms with Gasteiger partial charge in [0.25, 0.3) is 0 Å². The van der Waals surface area contributed by atoms with Gasteiger partial charge in [-0.2, -0.15) is 0 Å². The highest BCUT2D eigenvalue weighted by Crippen LogP contribution is 2.32. The lowest BCUT2D eigenvalue weighted by Gasteiger charge is -2.34. The van der Waals surface area contributed by atoms with Crippen LogP contribution in [0.5, 0.6) is 0 Å². The van der Waals surface area contributed by atoms with Crippen LogP contribution in [-0.4, -0.2) is 60.5 Å². The van der Waals surface area contributed by atoms with Crippen molar-refractivity contribution >= 4 is 11.9 Å². The standard InChI is InChI=1S/C16H30N2O3/c1-12(2)16(3,15(20)21)10-14(19)18(5)11-13-6-8-17(4)9-7-13/h12-13H,6-11H2,1-5H3,(H,20,21). The van der Waals surface area contributed by atoms with Gasteiger partial charge in [0.1, 0.15) is 0 Å². The molecule has 5 heteroatoms. The van der Waals surface area contributed by atoms with Crippen molar-refractivity contribution in [3.8, 4) is 0 Å². The third-order valence-electron chi connectivity index (χ3n) is 5.08. The van der Waals surface area contributed by atoms with Gasteiger partial charge in [0, 0.05) is 20.0 Å². The summed E-state index contributed by atoms with van der Waals surface area (Å²) in [6.45, 7) is 8.27. The number of piperidine rings is 1. The van der Waals surface area contributed by atoms with Crippen LogP contribution in [0.3, 0.4) is 0 Å². The third-order valence-corrected chi connectivity index (χ3v) is 5.08. The molecule has 5 nitrogen and oxygen atoms in total. The summed E-state index contributed by atoms with van der Waals surface area (Å²) in [5.41, 5.74) is -0.988. The van der Waals surface area contributed by atoms with Gasteiger partial charge < -0.3 is 14.9 Å². The Labute approximate surface area is 128 Å². The smallest absolute Gasteiger partial charge is 0.310 e. The molecule has 0 aromatic rings. The Morgan fingerprint density at radius 1 is 1.33 bits per heavy atom. The maximum atomic E-state index is 12.4. The Morgan fingerprint density at radius 2 is 1.86 bits per heavy atom. The van der Waals surface area contributed by atoms with E-state index in [9.17, 15) is 14.7 Å². The van der Waals surface area contributed by atoms with E-state index in [0.717, 1.165) is 32.5 Å². The molecule has 0 bridgehead atoms. The molecule has 0 aromatic heterocycles. The van der Waals surface area contributed by atoms with Crippen LogP contribution < -0.4 is 0 Å². The molecule has 1 amide bonds. The van der Waals surface area contributed by atoms with Gasteiger partial charge in [-0.3, -0.25) is 9.59 Å². The number of carbonyl (C=O) groups excluding carboxylic acids is 1. The van der Waals surface area contributed by atoms with Crippen molar-refractivity contribution in [3.05, 3.63) is 0 Å². The highest BCUT2D eigenvalue weighted by atomic mass is 16.4. The van der Waals surface area contributed by atoms with Crippen molar-refractivity contribution in [2.75, 3.05) is 33.7 Å². The van der Waals surface area contributed by atoms with Gasteiger partial charge in [0.15, 0.2) is 0 Å². The first kappa shape index (κ1) is 18.0. The first-order chi connectivity index (χ1) is 9.66. The molecular weight excluding hydrogens is 268 g/mol. The van der Waals surface area contributed by atoms with Crippen LogP contribution in [0.2, 0.25) is 0 Å². The summed E-state index contributed by atoms with van der Waals surface area (Å²) in [6.07, 6.45) is 2.28. The molecule has 1 atom stereocenters. The van der Waals surface area contributed by atoms with E-state index in [4.69, 9.17) is 0 Å². The van der Waals surface area contributed by atoms with Gasteiger partial charge in [-0.15, -0.1) is 0 Å². The molecule has 1 fully saturated rings. The van der Waals surface area contributed by atoms with E-state index in [1.807, 2.05) is 13.8 Å². The van der Waals surface area contributed by atoms with Crippen LogP contribution in [-0.2, 0) is 9.59 Å². The van der Waals surface area contributed by atoms with Crippen molar-refractivity contribution in [2.24, 2.45) is 17.3 Å². The molecule has 1 N–H and O–H groups in total. The van der Waals surface area contributed by atoms with Gasteiger partial charge in [-0.05, 0) is 51.7 Å². The van der Waals surface area contributed by atoms with Gasteiger partial charge >= 0.3 is 5.97 Å². The van der Waals surface area contributed by atoms with Gasteiger partial charge in [-0.25, -0.2) is 0 Å². The first-order valence-corrected chi connectivity index (χ1v) is 7.82. The van der Waals surface area contributed by atoms with Crippen LogP contribution in [0.4, 0.5) is 0 Å². The highest BCUT2D eigenvalue weighted by molar-refractivity contribution is 5.84. The molecule has 0 aromatic carbocycles. The molecule has 0 aliphatic carbocycles. The SMILES string of the molecule is CC(C)C(C)(CC(=O)N(C)CC1CCN(C)CC1)C(=O)O. The van der Waals surface area contributed by atoms with E-state index in [1.165, 1.54) is 0 Å². The second-order valence-corrected chi connectivity index (χ2v) is 7.08. The molecule has 21 heavy (non-hydrogen) atoms. The molecule has 1 aliphatic rings. The summed E-state index contributed by atoms with van der Waals surface area (Å²) in [6, 6.07) is 0. The summed E-state index contributed by atoms with van der Waals surface area (Å²) in [5.74, 6) is -0.493. The number of carboxylic acid groups (broad SMARTS) is 1. The quantitative estimate of drug-likeness (QED) is 0.814. The zero-order chi connectivity index (χ0) is 16.2. The minimum atomic E-state index is -0.988. The summed E-state index contributed by atoms with van der Waals surface area (Å²) in [4.78, 5) is 27.9. The molecule has 0 saturated carbocycles. The average molecular weight is 298 g/mol. The lowest BCUT2D eigenvalue weighted by Crippen LogP contribution is -2.42. The number of carbonyl (C=O) groups is 2. The van der Waals surface area contributed by atoms with Crippen molar-refractivity contribution in [1.82, 2.24) is 9.80 Å². The fourth-order valence-corrected chi connectivity index (χ4v) is 2.71. The van der Waals surface area contributed by atoms with Gasteiger partial charge in [0.2, 0.25) is 5.91 Å². The first-order valence-electron chi connectivity index (χ1n) is 7.82. The van der Waals surface area contributed by atoms with Crippen molar-refractivity contribution < 1.29 is 14.7 Å². The zero-order valence-electron chi connectivity index (χ0n) is 14.1. The van der Waals surface area contributed by atoms with Gasteiger partial charge in [-0.1, -0.05) is 13.8 Å². The molecule has 1 unspecified atom stereocenters. The molecule has 0 radical (unpaired) electrons. The number of hydrogen-bond donors (Lipinski definition) is 1. The predicted octanol–water partition coefficient (Wildman–Crippen LogP) is 1.92. The number of hydrogen-bond acceptors (Lipinski definition) is 3. The minimum absolute atomic E-state index is 0.0625. The van der Waals surface area contributed by atoms with E-state index in [1.54, 1.807) is 18.9 Å². The number of likely N-dealkylation sites (tertiary alicyclic amines) is 1. The second kappa shape index (κ2) is 7.25. The summed E-state index contributed by atoms with van der Waals surface area (Å²) in [7, 11) is 3.91. The Morgan fingerprint density at radius 3 is 2.29 bits per heavy atom. The van der Waals surface area contributed by atoms with Crippen molar-refractivity contribution in [2.45, 2.75) is 40.0 Å². The number of rotatable bonds is 6. The highest BCUT2D eigenvalue weighted by Gasteiger charge is 2.39. The average Bonchev–Trinajstić information content (AvgIpc) is 2.40. The van der Waals surface area contributed by atoms with E-state index in [-0.39, 0.29) is 18.2 Å². The summed E-state index contributed by atoms with van der Waals surface area (Å²) >= 11 is 0. The zero-order valence-corrected chi connectivity index (χ0v) is 14.1. The second-order valence-electron chi connectivity index (χ2n) is 7.08. The predicted molar refractivity (Wildman–Crippen MR) is 83.1 cm³/mol. The summed E-state index contributed by atoms with van der Waals surface area (Å²) < 4.78 is 0. The number of carboxylic acids is 1. The van der Waals surface area contributed by atoms with Crippen LogP contribution in [0.25, 0.3) is 0 Å². The molecule has 1 aliphatic heterocycles. The number of aliphatic carboxylic acids is 1. The van der Waals surface area contributed by atoms with Crippen LogP contribution in [0.1, 0.15) is 40.0 Å². The molecule has 1 heterocycles. The van der Waals surface area contributed by atoms with Crippen LogP contribution in [0.15, 0.2) is 0 Å². The fraction of sp³-hybridized carbons (Fsp3) is 0.875. The molecule has 1 saturated heterocycles. The lowest BCUT2D eigenvalue weighted by molar-refractivity contribution is -0.155. The largest absolute Gasteiger partial charge is 0.481 e. The van der Waals surface area contributed by atoms with Crippen LogP contribution in [0, 0.1) is 17.3 Å². The molecular formula is C16H30N2O3. The Bertz CT molecular complexity index is 376. The van der Waals surface area contributed by atoms with Crippen molar-refractivity contribution in [1.29, 1.82) is 0 Å². The Kier molecular flexibility index (Phi) is 6.20. The molecule has 0 spiro atoms. The van der Waals surface area contributed by atoms with E-state index in [0.29, 0.717) is 5.92 Å².